The number of hydrogen-bond acceptors (Lipinski definition) is 7. The van der Waals surface area contributed by atoms with E-state index in [2.05, 4.69) is 22.3 Å². The van der Waals surface area contributed by atoms with Crippen LogP contribution in [0.4, 0.5) is 4.79 Å². The number of amides is 2. The van der Waals surface area contributed by atoms with Crippen molar-refractivity contribution in [3.05, 3.63) is 15.6 Å². The van der Waals surface area contributed by atoms with Crippen LogP contribution in [0.3, 0.4) is 0 Å². The zero-order valence-electron chi connectivity index (χ0n) is 22.1. The monoisotopic (exact) mass is 558 g/mol. The van der Waals surface area contributed by atoms with Crippen LogP contribution in [0, 0.1) is 18.8 Å². The number of methoxy groups -OCH3 is 1. The molecule has 10 nitrogen and oxygen atoms in total. The average Bonchev–Trinajstić information content (AvgIpc) is 3.24. The Bertz CT molecular complexity index is 1000. The van der Waals surface area contributed by atoms with E-state index in [-0.39, 0.29) is 23.9 Å². The number of nitrogens with zero attached hydrogens (tertiary/aromatic N) is 1. The van der Waals surface area contributed by atoms with Gasteiger partial charge in [0.25, 0.3) is 0 Å². The van der Waals surface area contributed by atoms with E-state index in [4.69, 9.17) is 14.3 Å². The van der Waals surface area contributed by atoms with Gasteiger partial charge in [-0.25, -0.2) is 9.78 Å². The normalized spacial score (nSPS) is 22.7. The summed E-state index contributed by atoms with van der Waals surface area (Å²) < 4.78 is 38.6. The fraction of sp³-hybridized carbons (Fsp3) is 0.800. The summed E-state index contributed by atoms with van der Waals surface area (Å²) in [6.45, 7) is 4.10. The molecule has 0 spiro atoms. The summed E-state index contributed by atoms with van der Waals surface area (Å²) in [6.07, 6.45) is 9.86. The second kappa shape index (κ2) is 13.9. The van der Waals surface area contributed by atoms with Gasteiger partial charge in [0.2, 0.25) is 5.91 Å². The molecule has 0 bridgehead atoms. The van der Waals surface area contributed by atoms with Gasteiger partial charge in [-0.05, 0) is 63.7 Å². The summed E-state index contributed by atoms with van der Waals surface area (Å²) in [5.74, 6) is 0.428. The Labute approximate surface area is 224 Å². The Morgan fingerprint density at radius 1 is 1.05 bits per heavy atom. The first-order valence-electron chi connectivity index (χ1n) is 13.4. The van der Waals surface area contributed by atoms with Crippen molar-refractivity contribution in [2.75, 3.05) is 7.11 Å². The van der Waals surface area contributed by atoms with Crippen molar-refractivity contribution < 1.29 is 27.3 Å². The Morgan fingerprint density at radius 3 is 2.27 bits per heavy atom. The molecule has 1 aromatic heterocycles. The maximum absolute atomic E-state index is 13.6. The molecule has 2 atom stereocenters. The summed E-state index contributed by atoms with van der Waals surface area (Å²) in [5, 5.41) is 6.81. The number of alkyl carbamates (subject to hydrolysis) is 1. The van der Waals surface area contributed by atoms with Gasteiger partial charge in [0.05, 0.1) is 18.8 Å². The lowest BCUT2D eigenvalue weighted by atomic mass is 9.82. The maximum atomic E-state index is 13.6. The molecule has 0 saturated heterocycles. The molecule has 0 aliphatic heterocycles. The second-order valence-electron chi connectivity index (χ2n) is 10.4. The lowest BCUT2D eigenvalue weighted by molar-refractivity contribution is -0.124. The van der Waals surface area contributed by atoms with Crippen molar-refractivity contribution in [3.8, 4) is 0 Å². The number of rotatable bonds is 11. The van der Waals surface area contributed by atoms with Crippen LogP contribution in [0.2, 0.25) is 0 Å². The highest BCUT2D eigenvalue weighted by atomic mass is 32.2. The van der Waals surface area contributed by atoms with Crippen molar-refractivity contribution in [2.24, 2.45) is 11.8 Å². The molecule has 0 radical (unpaired) electrons. The van der Waals surface area contributed by atoms with Gasteiger partial charge >= 0.3 is 16.4 Å². The molecule has 0 aromatic carbocycles. The Balaban J connectivity index is 1.73. The minimum Gasteiger partial charge on any atom is -0.453 e. The number of hydrogen-bond donors (Lipinski definition) is 4. The van der Waals surface area contributed by atoms with E-state index >= 15 is 0 Å². The molecule has 1 aromatic rings. The van der Waals surface area contributed by atoms with Gasteiger partial charge in [-0.15, -0.1) is 11.3 Å². The molecule has 3 rings (SSSR count). The Hall–Kier alpha value is -1.76. The van der Waals surface area contributed by atoms with Crippen molar-refractivity contribution in [1.82, 2.24) is 20.3 Å². The summed E-state index contributed by atoms with van der Waals surface area (Å²) in [4.78, 5) is 31.6. The summed E-state index contributed by atoms with van der Waals surface area (Å²) in [7, 11) is -2.93. The molecule has 0 unspecified atom stereocenters. The zero-order valence-corrected chi connectivity index (χ0v) is 23.8. The van der Waals surface area contributed by atoms with E-state index in [1.54, 1.807) is 11.3 Å². The number of ether oxygens (including phenoxy) is 1. The number of carbonyl (C=O) groups is 2. The molecule has 1 heterocycles. The number of carbonyl (C=O) groups excluding carboxylic acids is 2. The minimum absolute atomic E-state index is 0.228. The van der Waals surface area contributed by atoms with Crippen LogP contribution < -0.4 is 15.4 Å². The SMILES string of the molecule is CCc1nc([C@H](CC2CCC(NS(=O)(=O)O)CC2)NC(=O)[C@H](CC2CCCCC2)NC(=O)OC)sc1C. The van der Waals surface area contributed by atoms with Crippen molar-refractivity contribution in [3.63, 3.8) is 0 Å². The van der Waals surface area contributed by atoms with Crippen molar-refractivity contribution in [1.29, 1.82) is 0 Å². The topological polar surface area (TPSA) is 147 Å². The Kier molecular flexibility index (Phi) is 11.2. The molecule has 2 aliphatic rings. The van der Waals surface area contributed by atoms with E-state index in [9.17, 15) is 18.0 Å². The first kappa shape index (κ1) is 29.8. The van der Waals surface area contributed by atoms with Crippen molar-refractivity contribution >= 4 is 33.6 Å². The standard InChI is InChI=1S/C25H42N4O6S2/c1-4-20-16(2)36-24(27-20)22(15-18-10-12-19(13-11-18)29-37(32,33)34)26-23(30)21(28-25(31)35-3)14-17-8-6-5-7-9-17/h17-19,21-22,29H,4-15H2,1-3H3,(H,26,30)(H,28,31)(H,32,33,34)/t18?,19?,21-,22-/m0/s1. The first-order valence-corrected chi connectivity index (χ1v) is 15.7. The zero-order chi connectivity index (χ0) is 27.0. The maximum Gasteiger partial charge on any atom is 0.407 e. The van der Waals surface area contributed by atoms with Crippen LogP contribution in [-0.2, 0) is 26.3 Å². The van der Waals surface area contributed by atoms with Crippen LogP contribution in [0.1, 0.15) is 99.2 Å². The molecular formula is C25H42N4O6S2. The highest BCUT2D eigenvalue weighted by Crippen LogP contribution is 2.35. The highest BCUT2D eigenvalue weighted by Gasteiger charge is 2.32. The predicted octanol–water partition coefficient (Wildman–Crippen LogP) is 4.21. The van der Waals surface area contributed by atoms with E-state index < -0.39 is 22.4 Å². The third-order valence-corrected chi connectivity index (χ3v) is 9.44. The summed E-state index contributed by atoms with van der Waals surface area (Å²) >= 11 is 1.59. The molecule has 210 valence electrons. The molecule has 37 heavy (non-hydrogen) atoms. The molecule has 2 fully saturated rings. The van der Waals surface area contributed by atoms with E-state index in [1.807, 2.05) is 6.92 Å². The van der Waals surface area contributed by atoms with Gasteiger partial charge < -0.3 is 15.4 Å². The lowest BCUT2D eigenvalue weighted by Gasteiger charge is -2.31. The largest absolute Gasteiger partial charge is 0.453 e. The van der Waals surface area contributed by atoms with Crippen LogP contribution in [-0.4, -0.2) is 49.1 Å². The van der Waals surface area contributed by atoms with Crippen molar-refractivity contribution in [2.45, 2.75) is 109 Å². The highest BCUT2D eigenvalue weighted by molar-refractivity contribution is 7.83. The van der Waals surface area contributed by atoms with E-state index in [1.165, 1.54) is 13.5 Å². The predicted molar refractivity (Wildman–Crippen MR) is 143 cm³/mol. The number of aryl methyl sites for hydroxylation is 2. The third-order valence-electron chi connectivity index (χ3n) is 7.68. The number of aromatic nitrogens is 1. The van der Waals surface area contributed by atoms with Gasteiger partial charge in [-0.3, -0.25) is 9.35 Å². The van der Waals surface area contributed by atoms with Crippen LogP contribution in [0.15, 0.2) is 0 Å². The minimum atomic E-state index is -4.22. The van der Waals surface area contributed by atoms with Gasteiger partial charge in [0, 0.05) is 10.9 Å². The van der Waals surface area contributed by atoms with E-state index in [0.29, 0.717) is 31.6 Å². The molecule has 2 saturated carbocycles. The lowest BCUT2D eigenvalue weighted by Crippen LogP contribution is -2.49. The third kappa shape index (κ3) is 9.49. The summed E-state index contributed by atoms with van der Waals surface area (Å²) in [5.41, 5.74) is 1.02. The fourth-order valence-corrected chi connectivity index (χ4v) is 7.40. The summed E-state index contributed by atoms with van der Waals surface area (Å²) in [6, 6.07) is -1.27. The van der Waals surface area contributed by atoms with E-state index in [0.717, 1.165) is 60.5 Å². The molecule has 4 N–H and O–H groups in total. The van der Waals surface area contributed by atoms with Gasteiger partial charge in [0.1, 0.15) is 11.0 Å². The van der Waals surface area contributed by atoms with Crippen LogP contribution >= 0.6 is 11.3 Å². The molecule has 12 heteroatoms. The van der Waals surface area contributed by atoms with Crippen LogP contribution in [0.25, 0.3) is 0 Å². The Morgan fingerprint density at radius 2 is 1.70 bits per heavy atom. The quantitative estimate of drug-likeness (QED) is 0.298. The molecule has 2 aliphatic carbocycles. The first-order chi connectivity index (χ1) is 17.6. The molecular weight excluding hydrogens is 516 g/mol. The fourth-order valence-electron chi connectivity index (χ4n) is 5.67. The number of thiazole rings is 1. The molecule has 2 amide bonds. The van der Waals surface area contributed by atoms with Gasteiger partial charge in [0.15, 0.2) is 0 Å². The second-order valence-corrected chi connectivity index (χ2v) is 12.9. The average molecular weight is 559 g/mol. The van der Waals surface area contributed by atoms with Crippen LogP contribution in [0.5, 0.6) is 0 Å². The number of nitrogens with one attached hydrogen (secondary N) is 3. The van der Waals surface area contributed by atoms with Gasteiger partial charge in [-0.1, -0.05) is 39.0 Å². The van der Waals surface area contributed by atoms with Gasteiger partial charge in [-0.2, -0.15) is 13.1 Å². The smallest absolute Gasteiger partial charge is 0.407 e.